The number of amides is 1. The first kappa shape index (κ1) is 19.0. The van der Waals surface area contributed by atoms with E-state index < -0.39 is 10.8 Å². The highest BCUT2D eigenvalue weighted by Crippen LogP contribution is 2.30. The van der Waals surface area contributed by atoms with Crippen molar-refractivity contribution in [2.45, 2.75) is 0 Å². The second-order valence-electron chi connectivity index (χ2n) is 5.33. The van der Waals surface area contributed by atoms with Crippen LogP contribution in [0.5, 0.6) is 0 Å². The maximum absolute atomic E-state index is 12.3. The predicted molar refractivity (Wildman–Crippen MR) is 114 cm³/mol. The smallest absolute Gasteiger partial charge is 0.293 e. The highest BCUT2D eigenvalue weighted by Gasteiger charge is 2.19. The van der Waals surface area contributed by atoms with E-state index in [1.165, 1.54) is 18.2 Å². The van der Waals surface area contributed by atoms with Crippen molar-refractivity contribution in [3.63, 3.8) is 0 Å². The van der Waals surface area contributed by atoms with Gasteiger partial charge in [0.1, 0.15) is 5.76 Å². The van der Waals surface area contributed by atoms with E-state index in [0.29, 0.717) is 5.56 Å². The Morgan fingerprint density at radius 3 is 2.52 bits per heavy atom. The lowest BCUT2D eigenvalue weighted by Crippen LogP contribution is -2.34. The second-order valence-corrected chi connectivity index (χ2v) is 6.90. The van der Waals surface area contributed by atoms with E-state index in [-0.39, 0.29) is 22.3 Å². The third-order valence-electron chi connectivity index (χ3n) is 3.55. The Labute approximate surface area is 173 Å². The molecule has 3 rings (SSSR count). The number of para-hydroxylation sites is 2. The summed E-state index contributed by atoms with van der Waals surface area (Å²) >= 11 is 7.30. The molecule has 1 heterocycles. The fourth-order valence-electron chi connectivity index (χ4n) is 2.33. The SMILES string of the molecule is O=C(NC(=S)Nc1ccccc1I)c1ccc(-c2ccccc2[N+](=O)[O-])o1. The molecule has 0 saturated heterocycles. The van der Waals surface area contributed by atoms with Crippen LogP contribution in [0.2, 0.25) is 0 Å². The van der Waals surface area contributed by atoms with E-state index in [2.05, 4.69) is 33.2 Å². The number of thiocarbonyl (C=S) groups is 1. The van der Waals surface area contributed by atoms with Gasteiger partial charge in [-0.15, -0.1) is 0 Å². The van der Waals surface area contributed by atoms with Crippen molar-refractivity contribution >= 4 is 57.2 Å². The summed E-state index contributed by atoms with van der Waals surface area (Å²) in [6.07, 6.45) is 0. The molecule has 7 nitrogen and oxygen atoms in total. The molecule has 136 valence electrons. The van der Waals surface area contributed by atoms with Crippen LogP contribution in [-0.2, 0) is 0 Å². The number of hydrogen-bond donors (Lipinski definition) is 2. The number of nitro groups is 1. The molecule has 9 heteroatoms. The van der Waals surface area contributed by atoms with Gasteiger partial charge in [0.15, 0.2) is 10.9 Å². The molecule has 0 aliphatic rings. The van der Waals surface area contributed by atoms with Gasteiger partial charge < -0.3 is 9.73 Å². The van der Waals surface area contributed by atoms with Crippen LogP contribution in [0.1, 0.15) is 10.6 Å². The number of nitro benzene ring substituents is 1. The predicted octanol–water partition coefficient (Wildman–Crippen LogP) is 4.59. The largest absolute Gasteiger partial charge is 0.451 e. The van der Waals surface area contributed by atoms with Gasteiger partial charge in [0.25, 0.3) is 11.6 Å². The lowest BCUT2D eigenvalue weighted by molar-refractivity contribution is -0.384. The monoisotopic (exact) mass is 493 g/mol. The van der Waals surface area contributed by atoms with Gasteiger partial charge in [0.05, 0.1) is 16.2 Å². The van der Waals surface area contributed by atoms with Crippen LogP contribution in [0, 0.1) is 13.7 Å². The van der Waals surface area contributed by atoms with Gasteiger partial charge in [-0.1, -0.05) is 24.3 Å². The fraction of sp³-hybridized carbons (Fsp3) is 0. The van der Waals surface area contributed by atoms with Crippen LogP contribution in [-0.4, -0.2) is 15.9 Å². The van der Waals surface area contributed by atoms with Gasteiger partial charge in [0.2, 0.25) is 0 Å². The number of furan rings is 1. The van der Waals surface area contributed by atoms with Crippen LogP contribution in [0.25, 0.3) is 11.3 Å². The molecule has 3 aromatic rings. The summed E-state index contributed by atoms with van der Waals surface area (Å²) in [4.78, 5) is 23.0. The molecule has 0 aliphatic heterocycles. The van der Waals surface area contributed by atoms with Gasteiger partial charge in [-0.2, -0.15) is 0 Å². The number of hydrogen-bond acceptors (Lipinski definition) is 5. The number of nitrogens with zero attached hydrogens (tertiary/aromatic N) is 1. The molecular weight excluding hydrogens is 481 g/mol. The zero-order chi connectivity index (χ0) is 19.4. The molecule has 2 N–H and O–H groups in total. The Morgan fingerprint density at radius 2 is 1.78 bits per heavy atom. The zero-order valence-corrected chi connectivity index (χ0v) is 16.6. The fourth-order valence-corrected chi connectivity index (χ4v) is 3.05. The first-order valence-corrected chi connectivity index (χ1v) is 9.15. The maximum atomic E-state index is 12.3. The van der Waals surface area contributed by atoms with Crippen LogP contribution >= 0.6 is 34.8 Å². The van der Waals surface area contributed by atoms with E-state index >= 15 is 0 Å². The molecule has 2 aromatic carbocycles. The third-order valence-corrected chi connectivity index (χ3v) is 4.69. The summed E-state index contributed by atoms with van der Waals surface area (Å²) < 4.78 is 6.44. The van der Waals surface area contributed by atoms with Gasteiger partial charge in [-0.25, -0.2) is 0 Å². The molecule has 0 radical (unpaired) electrons. The highest BCUT2D eigenvalue weighted by molar-refractivity contribution is 14.1. The number of benzene rings is 2. The van der Waals surface area contributed by atoms with Gasteiger partial charge in [0, 0.05) is 9.64 Å². The first-order valence-electron chi connectivity index (χ1n) is 7.66. The van der Waals surface area contributed by atoms with Gasteiger partial charge in [-0.3, -0.25) is 20.2 Å². The summed E-state index contributed by atoms with van der Waals surface area (Å²) in [6, 6.07) is 16.6. The van der Waals surface area contributed by atoms with E-state index in [0.717, 1.165) is 9.26 Å². The summed E-state index contributed by atoms with van der Waals surface area (Å²) in [6.45, 7) is 0. The summed E-state index contributed by atoms with van der Waals surface area (Å²) in [7, 11) is 0. The van der Waals surface area contributed by atoms with Crippen molar-refractivity contribution in [3.8, 4) is 11.3 Å². The topological polar surface area (TPSA) is 97.4 Å². The highest BCUT2D eigenvalue weighted by atomic mass is 127. The number of anilines is 1. The summed E-state index contributed by atoms with van der Waals surface area (Å²) in [5, 5.41) is 16.7. The molecule has 0 aliphatic carbocycles. The van der Waals surface area contributed by atoms with E-state index in [9.17, 15) is 14.9 Å². The maximum Gasteiger partial charge on any atom is 0.293 e. The Morgan fingerprint density at radius 1 is 1.07 bits per heavy atom. The van der Waals surface area contributed by atoms with Crippen molar-refractivity contribution < 1.29 is 14.1 Å². The van der Waals surface area contributed by atoms with E-state index in [1.54, 1.807) is 18.2 Å². The molecule has 0 unspecified atom stereocenters. The summed E-state index contributed by atoms with van der Waals surface area (Å²) in [5.41, 5.74) is 0.958. The molecule has 0 bridgehead atoms. The molecule has 0 fully saturated rings. The average Bonchev–Trinajstić information content (AvgIpc) is 3.14. The molecule has 0 atom stereocenters. The molecular formula is C18H12IN3O4S. The minimum absolute atomic E-state index is 0.00457. The van der Waals surface area contributed by atoms with Crippen molar-refractivity contribution in [2.24, 2.45) is 0 Å². The van der Waals surface area contributed by atoms with Crippen LogP contribution < -0.4 is 10.6 Å². The first-order chi connectivity index (χ1) is 13.0. The van der Waals surface area contributed by atoms with E-state index in [1.807, 2.05) is 24.3 Å². The molecule has 1 aromatic heterocycles. The quantitative estimate of drug-likeness (QED) is 0.239. The third kappa shape index (κ3) is 4.49. The minimum Gasteiger partial charge on any atom is -0.451 e. The normalized spacial score (nSPS) is 10.3. The molecule has 0 spiro atoms. The number of halogens is 1. The molecule has 27 heavy (non-hydrogen) atoms. The van der Waals surface area contributed by atoms with Crippen LogP contribution in [0.3, 0.4) is 0 Å². The van der Waals surface area contributed by atoms with E-state index in [4.69, 9.17) is 16.6 Å². The second kappa shape index (κ2) is 8.27. The van der Waals surface area contributed by atoms with Crippen LogP contribution in [0.4, 0.5) is 11.4 Å². The van der Waals surface area contributed by atoms with Crippen LogP contribution in [0.15, 0.2) is 65.1 Å². The number of carbonyl (C=O) groups is 1. The Kier molecular flexibility index (Phi) is 5.81. The number of nitrogens with one attached hydrogen (secondary N) is 2. The average molecular weight is 493 g/mol. The van der Waals surface area contributed by atoms with Crippen molar-refractivity contribution in [1.82, 2.24) is 5.32 Å². The lowest BCUT2D eigenvalue weighted by atomic mass is 10.1. The minimum atomic E-state index is -0.553. The number of rotatable bonds is 4. The Bertz CT molecular complexity index is 1030. The van der Waals surface area contributed by atoms with Gasteiger partial charge in [-0.05, 0) is 65.1 Å². The van der Waals surface area contributed by atoms with Crippen molar-refractivity contribution in [1.29, 1.82) is 0 Å². The molecule has 0 saturated carbocycles. The van der Waals surface area contributed by atoms with Gasteiger partial charge >= 0.3 is 0 Å². The zero-order valence-electron chi connectivity index (χ0n) is 13.6. The molecule has 1 amide bonds. The van der Waals surface area contributed by atoms with Crippen molar-refractivity contribution in [3.05, 3.63) is 80.1 Å². The lowest BCUT2D eigenvalue weighted by Gasteiger charge is -2.09. The van der Waals surface area contributed by atoms with Crippen molar-refractivity contribution in [2.75, 3.05) is 5.32 Å². The Hall–Kier alpha value is -2.79. The summed E-state index contributed by atoms with van der Waals surface area (Å²) in [5.74, 6) is -0.331. The Balaban J connectivity index is 1.73. The number of carbonyl (C=O) groups excluding carboxylic acids is 1. The standard InChI is InChI=1S/C18H12IN3O4S/c19-12-6-2-3-7-13(12)20-18(27)21-17(23)16-10-9-15(26-16)11-5-1-4-8-14(11)22(24)25/h1-10H,(H2,20,21,23,27).